The first-order valence-electron chi connectivity index (χ1n) is 10.9. The van der Waals surface area contributed by atoms with E-state index in [1.807, 2.05) is 49.1 Å². The Morgan fingerprint density at radius 3 is 2.47 bits per heavy atom. The van der Waals surface area contributed by atoms with Crippen LogP contribution in [0.2, 0.25) is 0 Å². The fourth-order valence-electron chi connectivity index (χ4n) is 4.59. The van der Waals surface area contributed by atoms with Gasteiger partial charge >= 0.3 is 0 Å². The Hall–Kier alpha value is -4.24. The van der Waals surface area contributed by atoms with E-state index in [-0.39, 0.29) is 16.8 Å². The van der Waals surface area contributed by atoms with E-state index in [1.54, 1.807) is 12.3 Å². The second-order valence-corrected chi connectivity index (χ2v) is 8.63. The minimum Gasteiger partial charge on any atom is -0.361 e. The van der Waals surface area contributed by atoms with Crippen LogP contribution in [0.25, 0.3) is 33.0 Å². The van der Waals surface area contributed by atoms with Gasteiger partial charge in [-0.25, -0.2) is 0 Å². The molecule has 9 heteroatoms. The summed E-state index contributed by atoms with van der Waals surface area (Å²) in [6, 6.07) is 12.2. The van der Waals surface area contributed by atoms with Crippen LogP contribution in [0.1, 0.15) is 17.5 Å². The van der Waals surface area contributed by atoms with Crippen molar-refractivity contribution >= 4 is 50.5 Å². The molecule has 5 rings (SSSR count). The predicted molar refractivity (Wildman–Crippen MR) is 130 cm³/mol. The zero-order chi connectivity index (χ0) is 24.0. The molecular weight excluding hydrogens is 434 g/mol. The normalized spacial score (nSPS) is 14.1. The Balaban J connectivity index is 1.75. The molecule has 2 N–H and O–H groups in total. The Morgan fingerprint density at radius 2 is 1.74 bits per heavy atom. The summed E-state index contributed by atoms with van der Waals surface area (Å²) in [4.78, 5) is 42.3. The zero-order valence-electron chi connectivity index (χ0n) is 18.8. The third-order valence-corrected chi connectivity index (χ3v) is 6.14. The number of aromatic amines is 1. The van der Waals surface area contributed by atoms with Gasteiger partial charge < -0.3 is 14.5 Å². The van der Waals surface area contributed by atoms with Crippen molar-refractivity contribution in [3.63, 3.8) is 0 Å². The van der Waals surface area contributed by atoms with Gasteiger partial charge in [-0.3, -0.25) is 25.0 Å². The number of benzene rings is 2. The van der Waals surface area contributed by atoms with E-state index in [0.29, 0.717) is 23.1 Å². The summed E-state index contributed by atoms with van der Waals surface area (Å²) < 4.78 is 1.99. The summed E-state index contributed by atoms with van der Waals surface area (Å²) >= 11 is 0. The first-order chi connectivity index (χ1) is 16.3. The average molecular weight is 457 g/mol. The minimum atomic E-state index is -0.510. The smallest absolute Gasteiger partial charge is 0.270 e. The number of non-ortho nitro benzene ring substituents is 1. The third kappa shape index (κ3) is 3.56. The van der Waals surface area contributed by atoms with Crippen LogP contribution in [0.15, 0.2) is 54.9 Å². The van der Waals surface area contributed by atoms with Gasteiger partial charge in [-0.05, 0) is 39.2 Å². The second kappa shape index (κ2) is 8.27. The summed E-state index contributed by atoms with van der Waals surface area (Å²) in [6.07, 6.45) is 4.40. The van der Waals surface area contributed by atoms with Gasteiger partial charge in [-0.15, -0.1) is 0 Å². The van der Waals surface area contributed by atoms with E-state index >= 15 is 0 Å². The molecule has 0 saturated carbocycles. The molecule has 0 atom stereocenters. The van der Waals surface area contributed by atoms with Crippen LogP contribution in [-0.2, 0) is 16.1 Å². The number of carbonyl (C=O) groups is 2. The number of nitro benzene ring substituents is 1. The molecule has 0 radical (unpaired) electrons. The number of carbonyl (C=O) groups excluding carboxylic acids is 2. The molecule has 2 amide bonds. The first-order valence-corrected chi connectivity index (χ1v) is 10.9. The van der Waals surface area contributed by atoms with E-state index in [2.05, 4.69) is 15.2 Å². The number of imide groups is 1. The van der Waals surface area contributed by atoms with Crippen LogP contribution in [0.4, 0.5) is 5.69 Å². The molecule has 2 aromatic carbocycles. The Kier molecular flexibility index (Phi) is 5.25. The molecule has 9 nitrogen and oxygen atoms in total. The fourth-order valence-corrected chi connectivity index (χ4v) is 4.59. The molecule has 172 valence electrons. The van der Waals surface area contributed by atoms with Crippen molar-refractivity contribution in [2.45, 2.75) is 13.0 Å². The van der Waals surface area contributed by atoms with Crippen molar-refractivity contribution in [3.05, 3.63) is 76.1 Å². The molecule has 3 heterocycles. The number of nitrogens with zero attached hydrogens (tertiary/aromatic N) is 3. The lowest BCUT2D eigenvalue weighted by Gasteiger charge is -2.10. The fraction of sp³-hybridized carbons (Fsp3) is 0.200. The number of nitro groups is 1. The van der Waals surface area contributed by atoms with E-state index < -0.39 is 16.7 Å². The summed E-state index contributed by atoms with van der Waals surface area (Å²) in [5, 5.41) is 15.3. The van der Waals surface area contributed by atoms with E-state index in [4.69, 9.17) is 0 Å². The summed E-state index contributed by atoms with van der Waals surface area (Å²) in [5.74, 6) is -0.993. The van der Waals surface area contributed by atoms with Gasteiger partial charge in [0.05, 0.1) is 16.1 Å². The lowest BCUT2D eigenvalue weighted by atomic mass is 9.95. The molecule has 0 unspecified atom stereocenters. The van der Waals surface area contributed by atoms with E-state index in [0.717, 1.165) is 29.4 Å². The monoisotopic (exact) mass is 457 g/mol. The van der Waals surface area contributed by atoms with Gasteiger partial charge in [0.25, 0.3) is 17.5 Å². The van der Waals surface area contributed by atoms with Gasteiger partial charge in [-0.1, -0.05) is 18.2 Å². The molecule has 34 heavy (non-hydrogen) atoms. The second-order valence-electron chi connectivity index (χ2n) is 8.63. The van der Waals surface area contributed by atoms with E-state index in [9.17, 15) is 19.7 Å². The lowest BCUT2D eigenvalue weighted by Crippen LogP contribution is -2.22. The quantitative estimate of drug-likeness (QED) is 0.250. The number of hydrogen-bond acceptors (Lipinski definition) is 5. The van der Waals surface area contributed by atoms with Crippen molar-refractivity contribution in [2.24, 2.45) is 0 Å². The summed E-state index contributed by atoms with van der Waals surface area (Å²) in [5.41, 5.74) is 3.17. The van der Waals surface area contributed by atoms with Crippen LogP contribution in [0.3, 0.4) is 0 Å². The molecule has 1 aliphatic rings. The molecule has 0 spiro atoms. The van der Waals surface area contributed by atoms with Crippen LogP contribution in [-0.4, -0.2) is 51.8 Å². The maximum atomic E-state index is 13.1. The molecule has 0 bridgehead atoms. The first kappa shape index (κ1) is 21.6. The van der Waals surface area contributed by atoms with Crippen LogP contribution in [0.5, 0.6) is 0 Å². The van der Waals surface area contributed by atoms with Crippen molar-refractivity contribution in [1.29, 1.82) is 0 Å². The van der Waals surface area contributed by atoms with Crippen LogP contribution in [0, 0.1) is 10.1 Å². The molecule has 1 aliphatic heterocycles. The summed E-state index contributed by atoms with van der Waals surface area (Å²) in [6.45, 7) is 1.53. The number of nitrogens with one attached hydrogen (secondary N) is 2. The highest BCUT2D eigenvalue weighted by molar-refractivity contribution is 6.50. The maximum Gasteiger partial charge on any atom is 0.270 e. The molecule has 2 aromatic heterocycles. The van der Waals surface area contributed by atoms with Crippen molar-refractivity contribution in [3.8, 4) is 0 Å². The maximum absolute atomic E-state index is 13.1. The van der Waals surface area contributed by atoms with Gasteiger partial charge in [0, 0.05) is 64.0 Å². The number of para-hydroxylation sites is 1. The molecule has 4 aromatic rings. The third-order valence-electron chi connectivity index (χ3n) is 6.14. The number of H-pyrrole nitrogens is 1. The topological polar surface area (TPSA) is 113 Å². The van der Waals surface area contributed by atoms with Gasteiger partial charge in [0.1, 0.15) is 0 Å². The van der Waals surface area contributed by atoms with Crippen molar-refractivity contribution in [2.75, 3.05) is 20.6 Å². The highest BCUT2D eigenvalue weighted by Gasteiger charge is 2.35. The molecule has 0 fully saturated rings. The Morgan fingerprint density at radius 1 is 1.00 bits per heavy atom. The number of fused-ring (bicyclic) bond motifs is 2. The highest BCUT2D eigenvalue weighted by atomic mass is 16.6. The van der Waals surface area contributed by atoms with Crippen molar-refractivity contribution < 1.29 is 14.5 Å². The van der Waals surface area contributed by atoms with Gasteiger partial charge in [0.15, 0.2) is 0 Å². The number of rotatable bonds is 7. The molecular formula is C25H23N5O4. The summed E-state index contributed by atoms with van der Waals surface area (Å²) in [7, 11) is 3.99. The lowest BCUT2D eigenvalue weighted by molar-refractivity contribution is -0.384. The van der Waals surface area contributed by atoms with Crippen LogP contribution < -0.4 is 5.32 Å². The highest BCUT2D eigenvalue weighted by Crippen LogP contribution is 2.39. The van der Waals surface area contributed by atoms with Crippen molar-refractivity contribution in [1.82, 2.24) is 19.8 Å². The van der Waals surface area contributed by atoms with E-state index in [1.165, 1.54) is 12.1 Å². The number of aromatic nitrogens is 2. The molecule has 0 aliphatic carbocycles. The Labute approximate surface area is 194 Å². The largest absolute Gasteiger partial charge is 0.361 e. The molecule has 0 saturated heterocycles. The number of hydrogen-bond donors (Lipinski definition) is 2. The van der Waals surface area contributed by atoms with Gasteiger partial charge in [0.2, 0.25) is 0 Å². The Bertz CT molecular complexity index is 1510. The number of amides is 2. The van der Waals surface area contributed by atoms with Crippen LogP contribution >= 0.6 is 0 Å². The average Bonchev–Trinajstić information content (AvgIpc) is 3.46. The standard InChI is InChI=1S/C25H23N5O4/c1-28(2)10-5-11-29-14-19(17-12-15(30(33)34)8-9-21(17)29)23-22(24(31)27-25(23)32)18-13-26-20-7-4-3-6-16(18)20/h3-4,6-9,12-14,26H,5,10-11H2,1-2H3,(H,27,31,32). The minimum absolute atomic E-state index is 0.0706. The number of aryl methyl sites for hydroxylation is 1. The SMILES string of the molecule is CN(C)CCCn1cc(C2=C(c3c[nH]c4ccccc34)C(=O)NC2=O)c2cc([N+](=O)[O-])ccc21. The van der Waals surface area contributed by atoms with Gasteiger partial charge in [-0.2, -0.15) is 0 Å². The zero-order valence-corrected chi connectivity index (χ0v) is 18.8. The predicted octanol–water partition coefficient (Wildman–Crippen LogP) is 3.55.